The lowest BCUT2D eigenvalue weighted by Crippen LogP contribution is -2.20. The van der Waals surface area contributed by atoms with E-state index in [1.165, 1.54) is 12.1 Å². The van der Waals surface area contributed by atoms with Gasteiger partial charge in [0.15, 0.2) is 6.61 Å². The fourth-order valence-corrected chi connectivity index (χ4v) is 2.76. The fourth-order valence-electron chi connectivity index (χ4n) is 2.76. The van der Waals surface area contributed by atoms with Gasteiger partial charge in [0.1, 0.15) is 11.6 Å². The fraction of sp³-hybridized carbons (Fsp3) is 0.600. The van der Waals surface area contributed by atoms with Crippen LogP contribution in [0.1, 0.15) is 27.7 Å². The predicted octanol–water partition coefficient (Wildman–Crippen LogP) is 3.64. The first-order chi connectivity index (χ1) is 9.95. The summed E-state index contributed by atoms with van der Waals surface area (Å²) in [5.74, 6) is 0.0414. The Labute approximate surface area is 127 Å². The smallest absolute Gasteiger partial charge is 0.422 e. The van der Waals surface area contributed by atoms with Gasteiger partial charge in [-0.15, -0.1) is 0 Å². The summed E-state index contributed by atoms with van der Waals surface area (Å²) in [6.07, 6.45) is -3.24. The van der Waals surface area contributed by atoms with Gasteiger partial charge in [0, 0.05) is 5.92 Å². The zero-order valence-corrected chi connectivity index (χ0v) is 12.9. The number of amides is 1. The standard InChI is InChI=1S/C15H19F3N2O2/c1-13(2)11(14(13,3)4)12(21)20-10-6-5-9(7-19-10)22-8-15(16,17)18/h5-7,11H,8H2,1-4H3,(H,19,20,21). The average Bonchev–Trinajstić information content (AvgIpc) is 2.78. The predicted molar refractivity (Wildman–Crippen MR) is 75.5 cm³/mol. The molecule has 0 radical (unpaired) electrons. The van der Waals surface area contributed by atoms with Gasteiger partial charge in [-0.05, 0) is 23.0 Å². The van der Waals surface area contributed by atoms with Crippen molar-refractivity contribution in [1.82, 2.24) is 4.98 Å². The molecule has 7 heteroatoms. The molecule has 122 valence electrons. The molecule has 1 aromatic rings. The highest BCUT2D eigenvalue weighted by Gasteiger charge is 2.68. The van der Waals surface area contributed by atoms with E-state index in [2.05, 4.69) is 15.0 Å². The minimum absolute atomic E-state index is 0.00223. The van der Waals surface area contributed by atoms with Gasteiger partial charge in [-0.25, -0.2) is 4.98 Å². The van der Waals surface area contributed by atoms with Gasteiger partial charge in [0.25, 0.3) is 0 Å². The zero-order valence-electron chi connectivity index (χ0n) is 12.9. The largest absolute Gasteiger partial charge is 0.483 e. The van der Waals surface area contributed by atoms with Gasteiger partial charge < -0.3 is 10.1 Å². The lowest BCUT2D eigenvalue weighted by molar-refractivity contribution is -0.153. The molecule has 1 aromatic heterocycles. The Morgan fingerprint density at radius 1 is 1.27 bits per heavy atom. The number of carbonyl (C=O) groups excluding carboxylic acids is 1. The summed E-state index contributed by atoms with van der Waals surface area (Å²) in [5, 5.41) is 2.69. The summed E-state index contributed by atoms with van der Waals surface area (Å²) >= 11 is 0. The van der Waals surface area contributed by atoms with Crippen molar-refractivity contribution in [2.24, 2.45) is 16.7 Å². The third-order valence-electron chi connectivity index (χ3n) is 4.67. The van der Waals surface area contributed by atoms with Gasteiger partial charge in [0.2, 0.25) is 5.91 Å². The Balaban J connectivity index is 1.94. The highest BCUT2D eigenvalue weighted by atomic mass is 19.4. The van der Waals surface area contributed by atoms with Crippen LogP contribution < -0.4 is 10.1 Å². The summed E-state index contributed by atoms with van der Waals surface area (Å²) in [5.41, 5.74) is -0.181. The number of hydrogen-bond acceptors (Lipinski definition) is 3. The highest BCUT2D eigenvalue weighted by molar-refractivity contribution is 5.95. The van der Waals surface area contributed by atoms with E-state index in [0.29, 0.717) is 5.82 Å². The van der Waals surface area contributed by atoms with E-state index in [4.69, 9.17) is 0 Å². The quantitative estimate of drug-likeness (QED) is 0.922. The molecule has 4 nitrogen and oxygen atoms in total. The van der Waals surface area contributed by atoms with Crippen LogP contribution in [0.3, 0.4) is 0 Å². The van der Waals surface area contributed by atoms with Crippen LogP contribution in [0.4, 0.5) is 19.0 Å². The maximum Gasteiger partial charge on any atom is 0.422 e. The monoisotopic (exact) mass is 316 g/mol. The summed E-state index contributed by atoms with van der Waals surface area (Å²) in [6.45, 7) is 6.74. The van der Waals surface area contributed by atoms with Crippen molar-refractivity contribution in [2.75, 3.05) is 11.9 Å². The van der Waals surface area contributed by atoms with Crippen LogP contribution >= 0.6 is 0 Å². The maximum absolute atomic E-state index is 12.2. The van der Waals surface area contributed by atoms with Crippen LogP contribution in [-0.2, 0) is 4.79 Å². The molecular formula is C15H19F3N2O2. The second-order valence-electron chi connectivity index (χ2n) is 6.65. The van der Waals surface area contributed by atoms with E-state index in [9.17, 15) is 18.0 Å². The molecule has 0 aromatic carbocycles. The SMILES string of the molecule is CC1(C)C(C(=O)Nc2ccc(OCC(F)(F)F)cn2)C1(C)C. The van der Waals surface area contributed by atoms with Crippen molar-refractivity contribution in [3.8, 4) is 5.75 Å². The van der Waals surface area contributed by atoms with Crippen molar-refractivity contribution in [3.05, 3.63) is 18.3 Å². The molecule has 1 saturated carbocycles. The molecule has 0 saturated heterocycles. The molecule has 0 unspecified atom stereocenters. The Hall–Kier alpha value is -1.79. The van der Waals surface area contributed by atoms with Gasteiger partial charge in [-0.1, -0.05) is 27.7 Å². The Bertz CT molecular complexity index is 551. The number of anilines is 1. The van der Waals surface area contributed by atoms with Crippen LogP contribution in [-0.4, -0.2) is 23.7 Å². The van der Waals surface area contributed by atoms with Gasteiger partial charge in [-0.2, -0.15) is 13.2 Å². The lowest BCUT2D eigenvalue weighted by Gasteiger charge is -2.10. The molecule has 1 amide bonds. The van der Waals surface area contributed by atoms with Crippen LogP contribution in [0.25, 0.3) is 0 Å². The molecule has 0 bridgehead atoms. The number of ether oxygens (including phenoxy) is 1. The molecule has 1 fully saturated rings. The summed E-state index contributed by atoms with van der Waals surface area (Å²) in [4.78, 5) is 16.1. The molecule has 0 aliphatic heterocycles. The first-order valence-electron chi connectivity index (χ1n) is 6.91. The minimum Gasteiger partial charge on any atom is -0.483 e. The number of rotatable bonds is 4. The third-order valence-corrected chi connectivity index (χ3v) is 4.67. The molecule has 1 aliphatic carbocycles. The Kier molecular flexibility index (Phi) is 3.87. The van der Waals surface area contributed by atoms with E-state index in [1.54, 1.807) is 0 Å². The van der Waals surface area contributed by atoms with E-state index in [1.807, 2.05) is 27.7 Å². The molecule has 2 rings (SSSR count). The van der Waals surface area contributed by atoms with Crippen molar-refractivity contribution in [2.45, 2.75) is 33.9 Å². The first-order valence-corrected chi connectivity index (χ1v) is 6.91. The molecule has 1 heterocycles. The average molecular weight is 316 g/mol. The number of halogens is 3. The van der Waals surface area contributed by atoms with Crippen LogP contribution in [0, 0.1) is 16.7 Å². The third kappa shape index (κ3) is 3.18. The summed E-state index contributed by atoms with van der Waals surface area (Å²) < 4.78 is 40.7. The summed E-state index contributed by atoms with van der Waals surface area (Å²) in [7, 11) is 0. The lowest BCUT2D eigenvalue weighted by atomic mass is 10.0. The van der Waals surface area contributed by atoms with E-state index < -0.39 is 12.8 Å². The summed E-state index contributed by atoms with van der Waals surface area (Å²) in [6, 6.07) is 2.77. The number of carbonyl (C=O) groups is 1. The van der Waals surface area contributed by atoms with Gasteiger partial charge in [0.05, 0.1) is 6.20 Å². The number of nitrogens with zero attached hydrogens (tertiary/aromatic N) is 1. The van der Waals surface area contributed by atoms with Crippen molar-refractivity contribution >= 4 is 11.7 Å². The van der Waals surface area contributed by atoms with E-state index in [-0.39, 0.29) is 28.4 Å². The second kappa shape index (κ2) is 5.14. The molecule has 0 atom stereocenters. The zero-order chi connectivity index (χ0) is 16.8. The molecule has 1 N–H and O–H groups in total. The number of aromatic nitrogens is 1. The number of pyridine rings is 1. The molecule has 0 spiro atoms. The van der Waals surface area contributed by atoms with Crippen LogP contribution in [0.5, 0.6) is 5.75 Å². The molecule has 22 heavy (non-hydrogen) atoms. The van der Waals surface area contributed by atoms with Crippen molar-refractivity contribution < 1.29 is 22.7 Å². The number of hydrogen-bond donors (Lipinski definition) is 1. The van der Waals surface area contributed by atoms with Gasteiger partial charge in [-0.3, -0.25) is 4.79 Å². The van der Waals surface area contributed by atoms with E-state index in [0.717, 1.165) is 6.20 Å². The van der Waals surface area contributed by atoms with Crippen molar-refractivity contribution in [3.63, 3.8) is 0 Å². The number of nitrogens with one attached hydrogen (secondary N) is 1. The topological polar surface area (TPSA) is 51.2 Å². The highest BCUT2D eigenvalue weighted by Crippen LogP contribution is 2.68. The second-order valence-corrected chi connectivity index (χ2v) is 6.65. The molecule has 1 aliphatic rings. The minimum atomic E-state index is -4.39. The van der Waals surface area contributed by atoms with Crippen LogP contribution in [0.2, 0.25) is 0 Å². The first kappa shape index (κ1) is 16.6. The van der Waals surface area contributed by atoms with E-state index >= 15 is 0 Å². The Morgan fingerprint density at radius 2 is 1.86 bits per heavy atom. The Morgan fingerprint density at radius 3 is 2.27 bits per heavy atom. The van der Waals surface area contributed by atoms with Crippen molar-refractivity contribution in [1.29, 1.82) is 0 Å². The maximum atomic E-state index is 12.2. The normalized spacial score (nSPS) is 19.6. The molecular weight excluding hydrogens is 297 g/mol. The number of alkyl halides is 3. The van der Waals surface area contributed by atoms with Crippen LogP contribution in [0.15, 0.2) is 18.3 Å². The van der Waals surface area contributed by atoms with Gasteiger partial charge >= 0.3 is 6.18 Å².